The normalized spacial score (nSPS) is 11.7. The zero-order valence-corrected chi connectivity index (χ0v) is 21.2. The van der Waals surface area contributed by atoms with Crippen molar-refractivity contribution in [1.82, 2.24) is 15.5 Å². The number of guanidine groups is 1. The SMILES string of the molecule is C=CCNC(=NCC(=O)N(C)C)NC(C)c1ccc(OCCC)c(OCCC)c1.I. The first-order chi connectivity index (χ1) is 13.9. The third-order valence-corrected chi connectivity index (χ3v) is 4.03. The van der Waals surface area contributed by atoms with Gasteiger partial charge < -0.3 is 25.0 Å². The molecule has 0 fully saturated rings. The molecule has 1 aromatic carbocycles. The smallest absolute Gasteiger partial charge is 0.243 e. The molecule has 1 amide bonds. The number of hydrogen-bond donors (Lipinski definition) is 2. The van der Waals surface area contributed by atoms with Gasteiger partial charge in [0.2, 0.25) is 5.91 Å². The summed E-state index contributed by atoms with van der Waals surface area (Å²) in [6.07, 6.45) is 3.60. The Morgan fingerprint density at radius 1 is 1.20 bits per heavy atom. The maximum atomic E-state index is 11.9. The van der Waals surface area contributed by atoms with Crippen LogP contribution in [0.15, 0.2) is 35.8 Å². The monoisotopic (exact) mass is 532 g/mol. The molecule has 0 aliphatic carbocycles. The van der Waals surface area contributed by atoms with Gasteiger partial charge in [0, 0.05) is 20.6 Å². The van der Waals surface area contributed by atoms with E-state index in [0.29, 0.717) is 25.7 Å². The highest BCUT2D eigenvalue weighted by atomic mass is 127. The topological polar surface area (TPSA) is 75.2 Å². The predicted octanol–water partition coefficient (Wildman–Crippen LogP) is 3.75. The van der Waals surface area contributed by atoms with E-state index >= 15 is 0 Å². The van der Waals surface area contributed by atoms with Crippen LogP contribution in [0.4, 0.5) is 0 Å². The zero-order valence-electron chi connectivity index (χ0n) is 18.9. The molecule has 170 valence electrons. The molecule has 0 aliphatic heterocycles. The number of nitrogens with one attached hydrogen (secondary N) is 2. The number of hydrogen-bond acceptors (Lipinski definition) is 4. The van der Waals surface area contributed by atoms with E-state index in [1.54, 1.807) is 20.2 Å². The van der Waals surface area contributed by atoms with Gasteiger partial charge in [0.05, 0.1) is 19.3 Å². The van der Waals surface area contributed by atoms with Crippen LogP contribution in [0.5, 0.6) is 11.5 Å². The van der Waals surface area contributed by atoms with Crippen LogP contribution < -0.4 is 20.1 Å². The summed E-state index contributed by atoms with van der Waals surface area (Å²) in [5, 5.41) is 6.48. The number of rotatable bonds is 12. The summed E-state index contributed by atoms with van der Waals surface area (Å²) in [6.45, 7) is 11.8. The summed E-state index contributed by atoms with van der Waals surface area (Å²) in [4.78, 5) is 17.8. The van der Waals surface area contributed by atoms with Crippen LogP contribution in [0.3, 0.4) is 0 Å². The number of nitrogens with zero attached hydrogens (tertiary/aromatic N) is 2. The van der Waals surface area contributed by atoms with Crippen LogP contribution in [-0.4, -0.2) is 57.2 Å². The summed E-state index contributed by atoms with van der Waals surface area (Å²) < 4.78 is 11.7. The van der Waals surface area contributed by atoms with Crippen molar-refractivity contribution in [1.29, 1.82) is 0 Å². The van der Waals surface area contributed by atoms with E-state index in [9.17, 15) is 4.79 Å². The van der Waals surface area contributed by atoms with Crippen molar-refractivity contribution in [3.63, 3.8) is 0 Å². The minimum absolute atomic E-state index is 0. The number of aliphatic imine (C=N–C) groups is 1. The van der Waals surface area contributed by atoms with Gasteiger partial charge in [0.1, 0.15) is 6.54 Å². The Hall–Kier alpha value is -1.97. The fraction of sp³-hybridized carbons (Fsp3) is 0.545. The van der Waals surface area contributed by atoms with Gasteiger partial charge in [-0.1, -0.05) is 26.0 Å². The van der Waals surface area contributed by atoms with Gasteiger partial charge in [0.25, 0.3) is 0 Å². The first-order valence-electron chi connectivity index (χ1n) is 10.2. The lowest BCUT2D eigenvalue weighted by molar-refractivity contribution is -0.127. The van der Waals surface area contributed by atoms with Gasteiger partial charge in [0.15, 0.2) is 17.5 Å². The maximum absolute atomic E-state index is 11.9. The molecule has 0 bridgehead atoms. The van der Waals surface area contributed by atoms with Gasteiger partial charge in [-0.15, -0.1) is 30.6 Å². The first-order valence-corrected chi connectivity index (χ1v) is 10.2. The molecular weight excluding hydrogens is 495 g/mol. The number of halogens is 1. The maximum Gasteiger partial charge on any atom is 0.243 e. The van der Waals surface area contributed by atoms with E-state index in [1.165, 1.54) is 4.90 Å². The van der Waals surface area contributed by atoms with Crippen molar-refractivity contribution in [2.75, 3.05) is 40.4 Å². The third kappa shape index (κ3) is 10.2. The first kappa shape index (κ1) is 28.0. The van der Waals surface area contributed by atoms with Gasteiger partial charge >= 0.3 is 0 Å². The molecule has 7 nitrogen and oxygen atoms in total. The van der Waals surface area contributed by atoms with Crippen LogP contribution in [0.25, 0.3) is 0 Å². The fourth-order valence-electron chi connectivity index (χ4n) is 2.35. The highest BCUT2D eigenvalue weighted by Crippen LogP contribution is 2.31. The van der Waals surface area contributed by atoms with E-state index in [4.69, 9.17) is 9.47 Å². The molecule has 0 heterocycles. The quantitative estimate of drug-likeness (QED) is 0.186. The Kier molecular flexibility index (Phi) is 14.8. The number of ether oxygens (including phenoxy) is 2. The zero-order chi connectivity index (χ0) is 21.6. The van der Waals surface area contributed by atoms with E-state index in [1.807, 2.05) is 25.1 Å². The molecule has 1 rings (SSSR count). The Morgan fingerprint density at radius 3 is 2.40 bits per heavy atom. The minimum atomic E-state index is -0.0648. The standard InChI is InChI=1S/C22H36N4O3.HI/c1-7-12-23-22(24-16-21(27)26(5)6)25-17(4)18-10-11-19(28-13-8-2)20(15-18)29-14-9-3;/h7,10-11,15,17H,1,8-9,12-14,16H2,2-6H3,(H2,23,24,25);1H. The summed E-state index contributed by atoms with van der Waals surface area (Å²) >= 11 is 0. The van der Waals surface area contributed by atoms with E-state index in [2.05, 4.69) is 36.1 Å². The molecule has 30 heavy (non-hydrogen) atoms. The van der Waals surface area contributed by atoms with Crippen molar-refractivity contribution < 1.29 is 14.3 Å². The largest absolute Gasteiger partial charge is 0.490 e. The van der Waals surface area contributed by atoms with Gasteiger partial charge in [-0.3, -0.25) is 4.79 Å². The molecule has 0 spiro atoms. The molecule has 0 radical (unpaired) electrons. The Balaban J connectivity index is 0.00000841. The van der Waals surface area contributed by atoms with Crippen molar-refractivity contribution in [3.05, 3.63) is 36.4 Å². The van der Waals surface area contributed by atoms with Crippen LogP contribution in [0.1, 0.15) is 45.2 Å². The second kappa shape index (κ2) is 15.8. The average molecular weight is 532 g/mol. The van der Waals surface area contributed by atoms with Crippen molar-refractivity contribution in [3.8, 4) is 11.5 Å². The molecule has 0 aliphatic rings. The van der Waals surface area contributed by atoms with Gasteiger partial charge in [-0.2, -0.15) is 0 Å². The minimum Gasteiger partial charge on any atom is -0.490 e. The summed E-state index contributed by atoms with van der Waals surface area (Å²) in [6, 6.07) is 5.90. The molecule has 1 unspecified atom stereocenters. The third-order valence-electron chi connectivity index (χ3n) is 4.03. The lowest BCUT2D eigenvalue weighted by atomic mass is 10.1. The number of carbonyl (C=O) groups is 1. The number of carbonyl (C=O) groups excluding carboxylic acids is 1. The molecule has 1 aromatic rings. The van der Waals surface area contributed by atoms with Crippen molar-refractivity contribution >= 4 is 35.8 Å². The van der Waals surface area contributed by atoms with Crippen molar-refractivity contribution in [2.24, 2.45) is 4.99 Å². The molecule has 0 saturated carbocycles. The Bertz CT molecular complexity index is 680. The predicted molar refractivity (Wildman–Crippen MR) is 134 cm³/mol. The average Bonchev–Trinajstić information content (AvgIpc) is 2.72. The van der Waals surface area contributed by atoms with Crippen LogP contribution in [-0.2, 0) is 4.79 Å². The van der Waals surface area contributed by atoms with Gasteiger partial charge in [-0.05, 0) is 37.5 Å². The molecule has 0 saturated heterocycles. The van der Waals surface area contributed by atoms with Crippen LogP contribution >= 0.6 is 24.0 Å². The van der Waals surface area contributed by atoms with E-state index < -0.39 is 0 Å². The molecule has 1 atom stereocenters. The fourth-order valence-corrected chi connectivity index (χ4v) is 2.35. The molecule has 0 aromatic heterocycles. The van der Waals surface area contributed by atoms with Crippen LogP contribution in [0.2, 0.25) is 0 Å². The summed E-state index contributed by atoms with van der Waals surface area (Å²) in [5.41, 5.74) is 1.03. The molecule has 8 heteroatoms. The lowest BCUT2D eigenvalue weighted by Crippen LogP contribution is -2.39. The molecule has 2 N–H and O–H groups in total. The number of benzene rings is 1. The second-order valence-electron chi connectivity index (χ2n) is 6.89. The van der Waals surface area contributed by atoms with Crippen LogP contribution in [0, 0.1) is 0 Å². The highest BCUT2D eigenvalue weighted by Gasteiger charge is 2.13. The van der Waals surface area contributed by atoms with E-state index in [-0.39, 0.29) is 42.5 Å². The Labute approximate surface area is 198 Å². The highest BCUT2D eigenvalue weighted by molar-refractivity contribution is 14.0. The van der Waals surface area contributed by atoms with E-state index in [0.717, 1.165) is 29.9 Å². The van der Waals surface area contributed by atoms with Crippen molar-refractivity contribution in [2.45, 2.75) is 39.7 Å². The Morgan fingerprint density at radius 2 is 1.83 bits per heavy atom. The summed E-state index contributed by atoms with van der Waals surface area (Å²) in [7, 11) is 3.43. The second-order valence-corrected chi connectivity index (χ2v) is 6.89. The van der Waals surface area contributed by atoms with Gasteiger partial charge in [-0.25, -0.2) is 4.99 Å². The molecular formula is C22H37IN4O3. The summed E-state index contributed by atoms with van der Waals surface area (Å²) in [5.74, 6) is 1.98. The number of amides is 1. The lowest BCUT2D eigenvalue weighted by Gasteiger charge is -2.20. The number of likely N-dealkylation sites (N-methyl/N-ethyl adjacent to an activating group) is 1.